The molecule has 0 spiro atoms. The standard InChI is InChI=1S/C19H19FO3/c20-16-10-15(19(18(21)22)8-4-5-9-19)11-17(12-16)23-13-14-6-2-1-3-7-14/h1-3,6-7,10-12H,4-5,8-9,13H2,(H,21,22). The molecule has 0 unspecified atom stereocenters. The lowest BCUT2D eigenvalue weighted by Gasteiger charge is -2.25. The first-order chi connectivity index (χ1) is 11.1. The summed E-state index contributed by atoms with van der Waals surface area (Å²) in [4.78, 5) is 11.8. The second-order valence-electron chi connectivity index (χ2n) is 6.04. The molecule has 0 aromatic heterocycles. The van der Waals surface area contributed by atoms with Gasteiger partial charge < -0.3 is 9.84 Å². The molecule has 2 aromatic carbocycles. The lowest BCUT2D eigenvalue weighted by atomic mass is 9.79. The number of carboxylic acids is 1. The number of hydrogen-bond acceptors (Lipinski definition) is 2. The summed E-state index contributed by atoms with van der Waals surface area (Å²) in [5, 5.41) is 9.64. The van der Waals surface area contributed by atoms with E-state index in [4.69, 9.17) is 4.74 Å². The van der Waals surface area contributed by atoms with Crippen molar-refractivity contribution in [3.8, 4) is 5.75 Å². The lowest BCUT2D eigenvalue weighted by Crippen LogP contribution is -2.32. The first-order valence-corrected chi connectivity index (χ1v) is 7.81. The van der Waals surface area contributed by atoms with Crippen LogP contribution in [0.1, 0.15) is 36.8 Å². The van der Waals surface area contributed by atoms with E-state index in [0.29, 0.717) is 30.8 Å². The van der Waals surface area contributed by atoms with Crippen LogP contribution in [-0.4, -0.2) is 11.1 Å². The third kappa shape index (κ3) is 3.21. The van der Waals surface area contributed by atoms with Gasteiger partial charge in [0.05, 0.1) is 5.41 Å². The highest BCUT2D eigenvalue weighted by atomic mass is 19.1. The topological polar surface area (TPSA) is 46.5 Å². The molecule has 1 fully saturated rings. The van der Waals surface area contributed by atoms with Gasteiger partial charge in [0.15, 0.2) is 0 Å². The number of benzene rings is 2. The van der Waals surface area contributed by atoms with Crippen LogP contribution in [-0.2, 0) is 16.8 Å². The van der Waals surface area contributed by atoms with E-state index in [2.05, 4.69) is 0 Å². The Hall–Kier alpha value is -2.36. The number of aliphatic carboxylic acids is 1. The SMILES string of the molecule is O=C(O)C1(c2cc(F)cc(OCc3ccccc3)c2)CCCC1. The molecule has 1 N–H and O–H groups in total. The molecule has 4 heteroatoms. The van der Waals surface area contributed by atoms with E-state index in [0.717, 1.165) is 18.4 Å². The van der Waals surface area contributed by atoms with Gasteiger partial charge in [0.2, 0.25) is 0 Å². The average molecular weight is 314 g/mol. The fourth-order valence-electron chi connectivity index (χ4n) is 3.27. The molecule has 0 saturated heterocycles. The van der Waals surface area contributed by atoms with Crippen LogP contribution in [0.4, 0.5) is 4.39 Å². The third-order valence-corrected chi connectivity index (χ3v) is 4.54. The second-order valence-corrected chi connectivity index (χ2v) is 6.04. The van der Waals surface area contributed by atoms with Crippen molar-refractivity contribution in [3.05, 3.63) is 65.5 Å². The van der Waals surface area contributed by atoms with E-state index in [1.807, 2.05) is 30.3 Å². The highest BCUT2D eigenvalue weighted by molar-refractivity contribution is 5.82. The van der Waals surface area contributed by atoms with Crippen LogP contribution in [0.15, 0.2) is 48.5 Å². The van der Waals surface area contributed by atoms with Gasteiger partial charge in [-0.1, -0.05) is 43.2 Å². The maximum absolute atomic E-state index is 14.0. The molecular weight excluding hydrogens is 295 g/mol. The lowest BCUT2D eigenvalue weighted by molar-refractivity contribution is -0.143. The maximum Gasteiger partial charge on any atom is 0.314 e. The first kappa shape index (κ1) is 15.5. The smallest absolute Gasteiger partial charge is 0.314 e. The minimum Gasteiger partial charge on any atom is -0.489 e. The Kier molecular flexibility index (Phi) is 4.33. The van der Waals surface area contributed by atoms with Crippen molar-refractivity contribution in [3.63, 3.8) is 0 Å². The van der Waals surface area contributed by atoms with E-state index < -0.39 is 17.2 Å². The Morgan fingerprint density at radius 3 is 2.48 bits per heavy atom. The largest absolute Gasteiger partial charge is 0.489 e. The molecule has 0 aliphatic heterocycles. The highest BCUT2D eigenvalue weighted by Crippen LogP contribution is 2.42. The van der Waals surface area contributed by atoms with Gasteiger partial charge in [-0.15, -0.1) is 0 Å². The molecule has 0 amide bonds. The Morgan fingerprint density at radius 2 is 1.83 bits per heavy atom. The molecule has 0 atom stereocenters. The summed E-state index contributed by atoms with van der Waals surface area (Å²) in [5.74, 6) is -0.968. The van der Waals surface area contributed by atoms with Crippen molar-refractivity contribution >= 4 is 5.97 Å². The van der Waals surface area contributed by atoms with Gasteiger partial charge in [-0.2, -0.15) is 0 Å². The molecule has 3 rings (SSSR count). The minimum absolute atomic E-state index is 0.323. The van der Waals surface area contributed by atoms with Crippen LogP contribution >= 0.6 is 0 Å². The highest BCUT2D eigenvalue weighted by Gasteiger charge is 2.43. The summed E-state index contributed by atoms with van der Waals surface area (Å²) in [5.41, 5.74) is 0.505. The molecule has 1 aliphatic carbocycles. The third-order valence-electron chi connectivity index (χ3n) is 4.54. The van der Waals surface area contributed by atoms with Crippen molar-refractivity contribution in [1.29, 1.82) is 0 Å². The zero-order valence-electron chi connectivity index (χ0n) is 12.8. The molecule has 2 aromatic rings. The van der Waals surface area contributed by atoms with E-state index in [1.165, 1.54) is 12.1 Å². The van der Waals surface area contributed by atoms with Crippen LogP contribution in [0.5, 0.6) is 5.75 Å². The normalized spacial score (nSPS) is 16.2. The van der Waals surface area contributed by atoms with Crippen molar-refractivity contribution in [1.82, 2.24) is 0 Å². The Bertz CT molecular complexity index is 691. The first-order valence-electron chi connectivity index (χ1n) is 7.81. The molecule has 0 radical (unpaired) electrons. The summed E-state index contributed by atoms with van der Waals surface area (Å²) in [6, 6.07) is 13.9. The molecule has 0 heterocycles. The summed E-state index contributed by atoms with van der Waals surface area (Å²) in [6.45, 7) is 0.323. The van der Waals surface area contributed by atoms with Crippen molar-refractivity contribution < 1.29 is 19.0 Å². The number of halogens is 1. The minimum atomic E-state index is -0.979. The van der Waals surface area contributed by atoms with Gasteiger partial charge in [0.1, 0.15) is 18.2 Å². The summed E-state index contributed by atoms with van der Waals surface area (Å²) in [7, 11) is 0. The number of carboxylic acid groups (broad SMARTS) is 1. The fraction of sp³-hybridized carbons (Fsp3) is 0.316. The molecule has 1 saturated carbocycles. The molecule has 1 aliphatic rings. The van der Waals surface area contributed by atoms with Crippen LogP contribution in [0.2, 0.25) is 0 Å². The Morgan fingerprint density at radius 1 is 1.13 bits per heavy atom. The number of ether oxygens (including phenoxy) is 1. The quantitative estimate of drug-likeness (QED) is 0.895. The molecule has 23 heavy (non-hydrogen) atoms. The van der Waals surface area contributed by atoms with Gasteiger partial charge >= 0.3 is 5.97 Å². The average Bonchev–Trinajstić information content (AvgIpc) is 3.05. The summed E-state index contributed by atoms with van der Waals surface area (Å²) >= 11 is 0. The van der Waals surface area contributed by atoms with Crippen molar-refractivity contribution in [2.75, 3.05) is 0 Å². The zero-order chi connectivity index (χ0) is 16.3. The number of carbonyl (C=O) groups is 1. The summed E-state index contributed by atoms with van der Waals surface area (Å²) < 4.78 is 19.6. The van der Waals surface area contributed by atoms with Crippen LogP contribution < -0.4 is 4.74 Å². The van der Waals surface area contributed by atoms with Crippen LogP contribution in [0, 0.1) is 5.82 Å². The van der Waals surface area contributed by atoms with Gasteiger partial charge in [0.25, 0.3) is 0 Å². The molecule has 0 bridgehead atoms. The molecule has 3 nitrogen and oxygen atoms in total. The van der Waals surface area contributed by atoms with E-state index in [1.54, 1.807) is 6.07 Å². The Balaban J connectivity index is 1.85. The van der Waals surface area contributed by atoms with Crippen LogP contribution in [0.25, 0.3) is 0 Å². The molecule has 120 valence electrons. The monoisotopic (exact) mass is 314 g/mol. The summed E-state index contributed by atoms with van der Waals surface area (Å²) in [6.07, 6.45) is 2.79. The van der Waals surface area contributed by atoms with Gasteiger partial charge in [0, 0.05) is 6.07 Å². The van der Waals surface area contributed by atoms with Crippen LogP contribution in [0.3, 0.4) is 0 Å². The second kappa shape index (κ2) is 6.41. The zero-order valence-corrected chi connectivity index (χ0v) is 12.8. The van der Waals surface area contributed by atoms with Crippen molar-refractivity contribution in [2.24, 2.45) is 0 Å². The predicted molar refractivity (Wildman–Crippen MR) is 85.0 cm³/mol. The van der Waals surface area contributed by atoms with Crippen molar-refractivity contribution in [2.45, 2.75) is 37.7 Å². The van der Waals surface area contributed by atoms with Gasteiger partial charge in [-0.25, -0.2) is 4.39 Å². The number of rotatable bonds is 5. The van der Waals surface area contributed by atoms with E-state index in [9.17, 15) is 14.3 Å². The Labute approximate surface area is 134 Å². The molecular formula is C19H19FO3. The van der Waals surface area contributed by atoms with Gasteiger partial charge in [-0.05, 0) is 36.1 Å². The van der Waals surface area contributed by atoms with E-state index >= 15 is 0 Å². The van der Waals surface area contributed by atoms with Gasteiger partial charge in [-0.3, -0.25) is 4.79 Å². The predicted octanol–water partition coefficient (Wildman–Crippen LogP) is 4.30. The fourth-order valence-corrected chi connectivity index (χ4v) is 3.27. The maximum atomic E-state index is 14.0. The number of hydrogen-bond donors (Lipinski definition) is 1. The van der Waals surface area contributed by atoms with E-state index in [-0.39, 0.29) is 0 Å².